The SMILES string of the molecule is CCc1cc2c(cc1C(C)N)N(Cc1cc(F)cc(F)c1)CCC2(C)C. The Bertz CT molecular complexity index is 792. The minimum Gasteiger partial charge on any atom is -0.367 e. The Kier molecular flexibility index (Phi) is 5.07. The number of aryl methyl sites for hydroxylation is 1. The first-order valence-electron chi connectivity index (χ1n) is 9.34. The summed E-state index contributed by atoms with van der Waals surface area (Å²) in [5.74, 6) is -1.06. The number of rotatable bonds is 4. The highest BCUT2D eigenvalue weighted by Gasteiger charge is 2.32. The Morgan fingerprint density at radius 2 is 1.77 bits per heavy atom. The number of nitrogens with two attached hydrogens (primary N) is 1. The molecule has 0 aliphatic carbocycles. The summed E-state index contributed by atoms with van der Waals surface area (Å²) in [7, 11) is 0. The van der Waals surface area contributed by atoms with Crippen LogP contribution in [0.25, 0.3) is 0 Å². The molecule has 2 N–H and O–H groups in total. The summed E-state index contributed by atoms with van der Waals surface area (Å²) < 4.78 is 27.2. The molecule has 2 aromatic carbocycles. The third-order valence-electron chi connectivity index (χ3n) is 5.50. The van der Waals surface area contributed by atoms with E-state index >= 15 is 0 Å². The van der Waals surface area contributed by atoms with Crippen molar-refractivity contribution in [3.05, 3.63) is 64.2 Å². The lowest BCUT2D eigenvalue weighted by Crippen LogP contribution is -2.37. The van der Waals surface area contributed by atoms with E-state index in [-0.39, 0.29) is 11.5 Å². The van der Waals surface area contributed by atoms with Crippen LogP contribution in [0.1, 0.15) is 62.4 Å². The van der Waals surface area contributed by atoms with Gasteiger partial charge in [-0.05, 0) is 65.6 Å². The van der Waals surface area contributed by atoms with Gasteiger partial charge in [-0.1, -0.05) is 26.8 Å². The van der Waals surface area contributed by atoms with E-state index in [1.807, 2.05) is 6.92 Å². The number of fused-ring (bicyclic) bond motifs is 1. The molecule has 1 aliphatic rings. The van der Waals surface area contributed by atoms with Crippen LogP contribution in [0.4, 0.5) is 14.5 Å². The van der Waals surface area contributed by atoms with Crippen molar-refractivity contribution in [1.82, 2.24) is 0 Å². The third kappa shape index (κ3) is 3.61. The Balaban J connectivity index is 2.06. The lowest BCUT2D eigenvalue weighted by Gasteiger charge is -2.41. The van der Waals surface area contributed by atoms with Gasteiger partial charge in [0.05, 0.1) is 0 Å². The summed E-state index contributed by atoms with van der Waals surface area (Å²) in [6, 6.07) is 8.17. The van der Waals surface area contributed by atoms with Crippen molar-refractivity contribution in [2.45, 2.75) is 58.5 Å². The summed E-state index contributed by atoms with van der Waals surface area (Å²) >= 11 is 0. The first-order chi connectivity index (χ1) is 12.2. The van der Waals surface area contributed by atoms with E-state index in [9.17, 15) is 8.78 Å². The first kappa shape index (κ1) is 18.8. The summed E-state index contributed by atoms with van der Waals surface area (Å²) in [5, 5.41) is 0. The molecule has 0 aromatic heterocycles. The molecule has 26 heavy (non-hydrogen) atoms. The van der Waals surface area contributed by atoms with Crippen LogP contribution in [0.2, 0.25) is 0 Å². The van der Waals surface area contributed by atoms with Crippen LogP contribution in [-0.4, -0.2) is 6.54 Å². The van der Waals surface area contributed by atoms with Gasteiger partial charge in [0.25, 0.3) is 0 Å². The molecule has 2 aromatic rings. The van der Waals surface area contributed by atoms with Crippen molar-refractivity contribution >= 4 is 5.69 Å². The molecular formula is C22H28F2N2. The minimum atomic E-state index is -0.532. The van der Waals surface area contributed by atoms with Crippen molar-refractivity contribution in [2.24, 2.45) is 5.73 Å². The Hall–Kier alpha value is -1.94. The van der Waals surface area contributed by atoms with Crippen LogP contribution < -0.4 is 10.6 Å². The predicted molar refractivity (Wildman–Crippen MR) is 103 cm³/mol. The molecule has 0 amide bonds. The highest BCUT2D eigenvalue weighted by atomic mass is 19.1. The monoisotopic (exact) mass is 358 g/mol. The molecule has 0 saturated carbocycles. The lowest BCUT2D eigenvalue weighted by atomic mass is 9.75. The van der Waals surface area contributed by atoms with E-state index in [1.165, 1.54) is 23.3 Å². The quantitative estimate of drug-likeness (QED) is 0.810. The van der Waals surface area contributed by atoms with Crippen LogP contribution in [0.3, 0.4) is 0 Å². The molecular weight excluding hydrogens is 330 g/mol. The normalized spacial score (nSPS) is 17.1. The average Bonchev–Trinajstić information content (AvgIpc) is 2.55. The maximum Gasteiger partial charge on any atom is 0.126 e. The number of hydrogen-bond acceptors (Lipinski definition) is 2. The molecule has 2 nitrogen and oxygen atoms in total. The molecule has 0 radical (unpaired) electrons. The second-order valence-corrected chi connectivity index (χ2v) is 8.04. The first-order valence-corrected chi connectivity index (χ1v) is 9.34. The summed E-state index contributed by atoms with van der Waals surface area (Å²) in [4.78, 5) is 2.22. The van der Waals surface area contributed by atoms with Crippen LogP contribution >= 0.6 is 0 Å². The Morgan fingerprint density at radius 1 is 1.12 bits per heavy atom. The lowest BCUT2D eigenvalue weighted by molar-refractivity contribution is 0.451. The average molecular weight is 358 g/mol. The minimum absolute atomic E-state index is 0.0475. The van der Waals surface area contributed by atoms with Gasteiger partial charge in [0.2, 0.25) is 0 Å². The molecule has 4 heteroatoms. The fraction of sp³-hybridized carbons (Fsp3) is 0.455. The van der Waals surface area contributed by atoms with E-state index < -0.39 is 11.6 Å². The van der Waals surface area contributed by atoms with Gasteiger partial charge in [-0.2, -0.15) is 0 Å². The number of benzene rings is 2. The molecule has 1 unspecified atom stereocenters. The van der Waals surface area contributed by atoms with E-state index in [1.54, 1.807) is 0 Å². The van der Waals surface area contributed by atoms with Crippen molar-refractivity contribution in [2.75, 3.05) is 11.4 Å². The van der Waals surface area contributed by atoms with Gasteiger partial charge in [-0.15, -0.1) is 0 Å². The highest BCUT2D eigenvalue weighted by molar-refractivity contribution is 5.63. The third-order valence-corrected chi connectivity index (χ3v) is 5.50. The topological polar surface area (TPSA) is 29.3 Å². The van der Waals surface area contributed by atoms with Crippen molar-refractivity contribution in [3.8, 4) is 0 Å². The summed E-state index contributed by atoms with van der Waals surface area (Å²) in [6.07, 6.45) is 1.94. The largest absolute Gasteiger partial charge is 0.367 e. The summed E-state index contributed by atoms with van der Waals surface area (Å²) in [6.45, 7) is 10.0. The maximum absolute atomic E-state index is 13.6. The second kappa shape index (κ2) is 6.99. The predicted octanol–water partition coefficient (Wildman–Crippen LogP) is 5.23. The summed E-state index contributed by atoms with van der Waals surface area (Å²) in [5.41, 5.74) is 11.8. The van der Waals surface area contributed by atoms with Gasteiger partial charge in [0.1, 0.15) is 11.6 Å². The zero-order valence-electron chi connectivity index (χ0n) is 16.1. The molecule has 0 spiro atoms. The second-order valence-electron chi connectivity index (χ2n) is 8.04. The highest BCUT2D eigenvalue weighted by Crippen LogP contribution is 2.42. The fourth-order valence-electron chi connectivity index (χ4n) is 3.94. The number of anilines is 1. The van der Waals surface area contributed by atoms with E-state index in [2.05, 4.69) is 37.8 Å². The molecule has 0 saturated heterocycles. The van der Waals surface area contributed by atoms with Crippen LogP contribution in [-0.2, 0) is 18.4 Å². The van der Waals surface area contributed by atoms with Crippen molar-refractivity contribution in [1.29, 1.82) is 0 Å². The Morgan fingerprint density at radius 3 is 2.35 bits per heavy atom. The van der Waals surface area contributed by atoms with Crippen molar-refractivity contribution in [3.63, 3.8) is 0 Å². The zero-order valence-corrected chi connectivity index (χ0v) is 16.1. The molecule has 1 atom stereocenters. The van der Waals surface area contributed by atoms with Gasteiger partial charge in [0.15, 0.2) is 0 Å². The van der Waals surface area contributed by atoms with E-state index in [0.29, 0.717) is 12.1 Å². The fourth-order valence-corrected chi connectivity index (χ4v) is 3.94. The molecule has 0 bridgehead atoms. The molecule has 3 rings (SSSR count). The Labute approximate surface area is 155 Å². The smallest absolute Gasteiger partial charge is 0.126 e. The van der Waals surface area contributed by atoms with E-state index in [0.717, 1.165) is 36.7 Å². The van der Waals surface area contributed by atoms with E-state index in [4.69, 9.17) is 5.73 Å². The van der Waals surface area contributed by atoms with Crippen molar-refractivity contribution < 1.29 is 8.78 Å². The van der Waals surface area contributed by atoms with Crippen LogP contribution in [0, 0.1) is 11.6 Å². The number of halogens is 2. The molecule has 140 valence electrons. The van der Waals surface area contributed by atoms with Crippen LogP contribution in [0.5, 0.6) is 0 Å². The van der Waals surface area contributed by atoms with Gasteiger partial charge in [0, 0.05) is 30.9 Å². The molecule has 1 aliphatic heterocycles. The number of hydrogen-bond donors (Lipinski definition) is 1. The molecule has 1 heterocycles. The standard InChI is InChI=1S/C22H28F2N2/c1-5-16-10-20-21(12-19(16)14(2)25)26(7-6-22(20,3)4)13-15-8-17(23)11-18(24)9-15/h8-12,14H,5-7,13,25H2,1-4H3. The van der Waals surface area contributed by atoms with Gasteiger partial charge in [-0.3, -0.25) is 0 Å². The molecule has 0 fully saturated rings. The van der Waals surface area contributed by atoms with Gasteiger partial charge >= 0.3 is 0 Å². The van der Waals surface area contributed by atoms with Gasteiger partial charge in [-0.25, -0.2) is 8.78 Å². The van der Waals surface area contributed by atoms with Gasteiger partial charge < -0.3 is 10.6 Å². The van der Waals surface area contributed by atoms with Crippen LogP contribution in [0.15, 0.2) is 30.3 Å². The maximum atomic E-state index is 13.6. The zero-order chi connectivity index (χ0) is 19.1. The number of nitrogens with zero attached hydrogens (tertiary/aromatic N) is 1.